The Morgan fingerprint density at radius 3 is 1.68 bits per heavy atom. The summed E-state index contributed by atoms with van der Waals surface area (Å²) in [5.74, 6) is -1.98. The minimum atomic E-state index is -0.829. The zero-order chi connectivity index (χ0) is 15.1. The van der Waals surface area contributed by atoms with E-state index >= 15 is 0 Å². The second-order valence-corrected chi connectivity index (χ2v) is 3.83. The lowest BCUT2D eigenvalue weighted by Crippen LogP contribution is -2.09. The average molecular weight is 272 g/mol. The molecule has 0 aromatic rings. The number of amides is 1. The van der Waals surface area contributed by atoms with Crippen LogP contribution < -0.4 is 5.73 Å². The van der Waals surface area contributed by atoms with E-state index in [-0.39, 0.29) is 25.2 Å². The lowest BCUT2D eigenvalue weighted by Gasteiger charge is -1.92. The maximum Gasteiger partial charge on any atom is 0.303 e. The molecule has 0 aromatic carbocycles. The van der Waals surface area contributed by atoms with Crippen LogP contribution in [-0.2, 0) is 14.4 Å². The first-order valence-electron chi connectivity index (χ1n) is 5.99. The maximum atomic E-state index is 10.1. The Morgan fingerprint density at radius 1 is 0.895 bits per heavy atom. The molecule has 0 aliphatic heterocycles. The van der Waals surface area contributed by atoms with E-state index < -0.39 is 11.9 Å². The van der Waals surface area contributed by atoms with Crippen LogP contribution in [0, 0.1) is 11.3 Å². The molecule has 0 saturated carbocycles. The van der Waals surface area contributed by atoms with Crippen LogP contribution in [0.3, 0.4) is 0 Å². The number of rotatable bonds is 9. The van der Waals surface area contributed by atoms with E-state index in [2.05, 4.69) is 0 Å². The van der Waals surface area contributed by atoms with Crippen LogP contribution in [0.4, 0.5) is 0 Å². The Kier molecular flexibility index (Phi) is 14.1. The van der Waals surface area contributed by atoms with Crippen molar-refractivity contribution in [2.75, 3.05) is 0 Å². The highest BCUT2D eigenvalue weighted by molar-refractivity contribution is 5.73. The van der Waals surface area contributed by atoms with Crippen LogP contribution >= 0.6 is 0 Å². The van der Waals surface area contributed by atoms with Crippen LogP contribution in [0.5, 0.6) is 0 Å². The van der Waals surface area contributed by atoms with Crippen molar-refractivity contribution in [3.05, 3.63) is 0 Å². The van der Waals surface area contributed by atoms with Crippen LogP contribution in [0.15, 0.2) is 0 Å². The van der Waals surface area contributed by atoms with Crippen molar-refractivity contribution in [1.29, 1.82) is 5.26 Å². The van der Waals surface area contributed by atoms with Crippen molar-refractivity contribution in [1.82, 2.24) is 0 Å². The Balaban J connectivity index is 0. The number of nitriles is 1. The number of primary amides is 1. The number of carbonyl (C=O) groups excluding carboxylic acids is 1. The topological polar surface area (TPSA) is 141 Å². The molecule has 0 aliphatic carbocycles. The number of nitrogens with two attached hydrogens (primary N) is 1. The van der Waals surface area contributed by atoms with Gasteiger partial charge in [0.25, 0.3) is 0 Å². The van der Waals surface area contributed by atoms with Crippen molar-refractivity contribution in [2.45, 2.75) is 51.4 Å². The number of nitrogens with zero attached hydrogens (tertiary/aromatic N) is 1. The molecule has 7 nitrogen and oxygen atoms in total. The van der Waals surface area contributed by atoms with E-state index in [1.165, 1.54) is 0 Å². The summed E-state index contributed by atoms with van der Waals surface area (Å²) in [4.78, 5) is 29.9. The van der Waals surface area contributed by atoms with Gasteiger partial charge < -0.3 is 15.9 Å². The van der Waals surface area contributed by atoms with E-state index in [1.54, 1.807) is 0 Å². The molecule has 0 unspecified atom stereocenters. The fourth-order valence-electron chi connectivity index (χ4n) is 1.06. The molecule has 0 spiro atoms. The molecule has 0 fully saturated rings. The molecule has 0 heterocycles. The summed E-state index contributed by atoms with van der Waals surface area (Å²) in [6.07, 6.45) is 3.46. The molecule has 0 bridgehead atoms. The fourth-order valence-corrected chi connectivity index (χ4v) is 1.06. The molecule has 7 heteroatoms. The number of unbranched alkanes of at least 4 members (excludes halogenated alkanes) is 3. The van der Waals surface area contributed by atoms with E-state index in [1.807, 2.05) is 6.07 Å². The zero-order valence-electron chi connectivity index (χ0n) is 10.8. The number of carboxylic acids is 2. The third kappa shape index (κ3) is 25.9. The minimum absolute atomic E-state index is 0.118. The predicted octanol–water partition coefficient (Wildman–Crippen LogP) is 1.27. The van der Waals surface area contributed by atoms with Gasteiger partial charge in [-0.25, -0.2) is 0 Å². The van der Waals surface area contributed by atoms with Gasteiger partial charge in [-0.05, 0) is 25.7 Å². The van der Waals surface area contributed by atoms with Crippen molar-refractivity contribution < 1.29 is 24.6 Å². The van der Waals surface area contributed by atoms with Gasteiger partial charge in [-0.15, -0.1) is 0 Å². The largest absolute Gasteiger partial charge is 0.481 e. The lowest BCUT2D eigenvalue weighted by molar-refractivity contribution is -0.138. The van der Waals surface area contributed by atoms with Gasteiger partial charge in [-0.2, -0.15) is 5.26 Å². The molecule has 19 heavy (non-hydrogen) atoms. The lowest BCUT2D eigenvalue weighted by atomic mass is 10.2. The second-order valence-electron chi connectivity index (χ2n) is 3.83. The van der Waals surface area contributed by atoms with Crippen LogP contribution in [0.1, 0.15) is 51.4 Å². The number of hydrogen-bond donors (Lipinski definition) is 3. The Morgan fingerprint density at radius 2 is 1.32 bits per heavy atom. The molecular formula is C12H20N2O5. The van der Waals surface area contributed by atoms with Gasteiger partial charge in [0.15, 0.2) is 0 Å². The van der Waals surface area contributed by atoms with E-state index in [4.69, 9.17) is 21.2 Å². The molecule has 0 rings (SSSR count). The summed E-state index contributed by atoms with van der Waals surface area (Å²) < 4.78 is 0. The van der Waals surface area contributed by atoms with Crippen LogP contribution in [0.25, 0.3) is 0 Å². The first-order valence-corrected chi connectivity index (χ1v) is 5.99. The van der Waals surface area contributed by atoms with Gasteiger partial charge in [-0.3, -0.25) is 14.4 Å². The SMILES string of the molecule is N#CCCCCC(=O)O.NC(=O)CCCCC(=O)O. The maximum absolute atomic E-state index is 10.1. The van der Waals surface area contributed by atoms with Crippen molar-refractivity contribution in [3.63, 3.8) is 0 Å². The zero-order valence-corrected chi connectivity index (χ0v) is 10.8. The highest BCUT2D eigenvalue weighted by Crippen LogP contribution is 1.98. The molecule has 4 N–H and O–H groups in total. The molecule has 0 atom stereocenters. The summed E-state index contributed by atoms with van der Waals surface area (Å²) in [7, 11) is 0. The van der Waals surface area contributed by atoms with Gasteiger partial charge in [-0.1, -0.05) is 0 Å². The Hall–Kier alpha value is -2.10. The van der Waals surface area contributed by atoms with E-state index in [9.17, 15) is 14.4 Å². The number of carbonyl (C=O) groups is 3. The molecular weight excluding hydrogens is 252 g/mol. The predicted molar refractivity (Wildman–Crippen MR) is 67.0 cm³/mol. The van der Waals surface area contributed by atoms with Crippen LogP contribution in [0.2, 0.25) is 0 Å². The Labute approximate surface area is 112 Å². The molecule has 0 aromatic heterocycles. The van der Waals surface area contributed by atoms with Crippen LogP contribution in [-0.4, -0.2) is 28.1 Å². The van der Waals surface area contributed by atoms with Crippen molar-refractivity contribution in [2.24, 2.45) is 5.73 Å². The van der Waals surface area contributed by atoms with Gasteiger partial charge in [0.1, 0.15) is 0 Å². The molecule has 1 amide bonds. The highest BCUT2D eigenvalue weighted by atomic mass is 16.4. The Bertz CT molecular complexity index is 307. The third-order valence-electron chi connectivity index (χ3n) is 1.99. The molecule has 0 aliphatic rings. The fraction of sp³-hybridized carbons (Fsp3) is 0.667. The third-order valence-corrected chi connectivity index (χ3v) is 1.99. The summed E-state index contributed by atoms with van der Waals surface area (Å²) in [6.45, 7) is 0. The quantitative estimate of drug-likeness (QED) is 0.539. The monoisotopic (exact) mass is 272 g/mol. The summed E-state index contributed by atoms with van der Waals surface area (Å²) in [5.41, 5.74) is 4.82. The standard InChI is InChI=1S/C6H11NO3.C6H9NO2/c7-5(8)3-1-2-4-6(9)10;7-5-3-1-2-4-6(8)9/h1-4H2,(H2,7,8)(H,9,10);1-4H2,(H,8,9). The smallest absolute Gasteiger partial charge is 0.303 e. The van der Waals surface area contributed by atoms with Gasteiger partial charge in [0.2, 0.25) is 5.91 Å². The van der Waals surface area contributed by atoms with Gasteiger partial charge >= 0.3 is 11.9 Å². The summed E-state index contributed by atoms with van der Waals surface area (Å²) >= 11 is 0. The molecule has 108 valence electrons. The first-order chi connectivity index (χ1) is 8.90. The van der Waals surface area contributed by atoms with E-state index in [0.29, 0.717) is 32.1 Å². The second kappa shape index (κ2) is 14.0. The number of carboxylic acid groups (broad SMARTS) is 2. The highest BCUT2D eigenvalue weighted by Gasteiger charge is 1.97. The first kappa shape index (κ1) is 19.2. The molecule has 0 radical (unpaired) electrons. The van der Waals surface area contributed by atoms with Gasteiger partial charge in [0.05, 0.1) is 6.07 Å². The minimum Gasteiger partial charge on any atom is -0.481 e. The number of aliphatic carboxylic acids is 2. The summed E-state index contributed by atoms with van der Waals surface area (Å²) in [5, 5.41) is 24.3. The average Bonchev–Trinajstić information content (AvgIpc) is 2.30. The van der Waals surface area contributed by atoms with E-state index in [0.717, 1.165) is 0 Å². The van der Waals surface area contributed by atoms with Gasteiger partial charge in [0, 0.05) is 25.7 Å². The summed E-state index contributed by atoms with van der Waals surface area (Å²) in [6, 6.07) is 1.95. The number of hydrogen-bond acceptors (Lipinski definition) is 4. The normalized spacial score (nSPS) is 8.79. The molecule has 0 saturated heterocycles. The van der Waals surface area contributed by atoms with Crippen molar-refractivity contribution in [3.8, 4) is 6.07 Å². The van der Waals surface area contributed by atoms with Crippen molar-refractivity contribution >= 4 is 17.8 Å².